The molecule has 0 saturated carbocycles. The standard InChI is InChI=1S/C10H17ClN4/c1-8-6-15(4-3-12-8)7-10-13-5-9(11)14(10)2/h5,8,12H,3-4,6-7H2,1-2H3/t8-/m1/s1. The molecule has 0 radical (unpaired) electrons. The highest BCUT2D eigenvalue weighted by Gasteiger charge is 2.17. The van der Waals surface area contributed by atoms with Gasteiger partial charge in [0.15, 0.2) is 0 Å². The van der Waals surface area contributed by atoms with Gasteiger partial charge in [-0.2, -0.15) is 0 Å². The van der Waals surface area contributed by atoms with Crippen LogP contribution in [0.5, 0.6) is 0 Å². The van der Waals surface area contributed by atoms with Crippen molar-refractivity contribution in [3.63, 3.8) is 0 Å². The van der Waals surface area contributed by atoms with Gasteiger partial charge in [0.2, 0.25) is 0 Å². The van der Waals surface area contributed by atoms with Crippen LogP contribution < -0.4 is 5.32 Å². The van der Waals surface area contributed by atoms with Crippen LogP contribution in [-0.2, 0) is 13.6 Å². The molecule has 0 spiro atoms. The van der Waals surface area contributed by atoms with Gasteiger partial charge in [0.25, 0.3) is 0 Å². The summed E-state index contributed by atoms with van der Waals surface area (Å²) < 4.78 is 1.94. The lowest BCUT2D eigenvalue weighted by atomic mass is 10.2. The van der Waals surface area contributed by atoms with E-state index < -0.39 is 0 Å². The van der Waals surface area contributed by atoms with Crippen LogP contribution in [-0.4, -0.2) is 40.1 Å². The quantitative estimate of drug-likeness (QED) is 0.816. The van der Waals surface area contributed by atoms with E-state index in [1.54, 1.807) is 6.20 Å². The molecule has 1 aromatic rings. The highest BCUT2D eigenvalue weighted by atomic mass is 35.5. The van der Waals surface area contributed by atoms with Crippen molar-refractivity contribution in [2.75, 3.05) is 19.6 Å². The van der Waals surface area contributed by atoms with Crippen LogP contribution in [0.2, 0.25) is 5.15 Å². The molecule has 1 saturated heterocycles. The van der Waals surface area contributed by atoms with Gasteiger partial charge in [-0.1, -0.05) is 11.6 Å². The Hall–Kier alpha value is -0.580. The molecule has 1 atom stereocenters. The highest BCUT2D eigenvalue weighted by molar-refractivity contribution is 6.29. The number of hydrogen-bond donors (Lipinski definition) is 1. The first kappa shape index (κ1) is 10.9. The predicted molar refractivity (Wildman–Crippen MR) is 61.0 cm³/mol. The minimum atomic E-state index is 0.564. The first-order valence-corrected chi connectivity index (χ1v) is 5.66. The van der Waals surface area contributed by atoms with E-state index in [2.05, 4.69) is 22.1 Å². The SMILES string of the molecule is C[C@@H]1CN(Cc2ncc(Cl)n2C)CCN1. The van der Waals surface area contributed by atoms with E-state index in [4.69, 9.17) is 11.6 Å². The lowest BCUT2D eigenvalue weighted by Crippen LogP contribution is -2.48. The third-order valence-electron chi connectivity index (χ3n) is 2.85. The zero-order chi connectivity index (χ0) is 10.8. The van der Waals surface area contributed by atoms with Crippen molar-refractivity contribution in [3.05, 3.63) is 17.2 Å². The van der Waals surface area contributed by atoms with E-state index in [1.165, 1.54) is 0 Å². The molecule has 1 aromatic heterocycles. The molecular weight excluding hydrogens is 212 g/mol. The van der Waals surface area contributed by atoms with Gasteiger partial charge in [-0.05, 0) is 6.92 Å². The van der Waals surface area contributed by atoms with Crippen LogP contribution in [0.15, 0.2) is 6.20 Å². The van der Waals surface area contributed by atoms with Crippen molar-refractivity contribution in [3.8, 4) is 0 Å². The molecule has 1 fully saturated rings. The van der Waals surface area contributed by atoms with Gasteiger partial charge >= 0.3 is 0 Å². The normalized spacial score (nSPS) is 23.3. The summed E-state index contributed by atoms with van der Waals surface area (Å²) in [4.78, 5) is 6.71. The Morgan fingerprint density at radius 2 is 2.47 bits per heavy atom. The molecule has 1 aliphatic rings. The minimum absolute atomic E-state index is 0.564. The molecule has 4 nitrogen and oxygen atoms in total. The van der Waals surface area contributed by atoms with Gasteiger partial charge in [-0.25, -0.2) is 4.98 Å². The van der Waals surface area contributed by atoms with Gasteiger partial charge in [-0.15, -0.1) is 0 Å². The van der Waals surface area contributed by atoms with Crippen LogP contribution in [0.25, 0.3) is 0 Å². The molecule has 0 aliphatic carbocycles. The maximum atomic E-state index is 5.95. The Balaban J connectivity index is 1.99. The van der Waals surface area contributed by atoms with Gasteiger partial charge in [0.05, 0.1) is 12.7 Å². The van der Waals surface area contributed by atoms with Crippen molar-refractivity contribution in [2.45, 2.75) is 19.5 Å². The van der Waals surface area contributed by atoms with E-state index in [0.29, 0.717) is 11.2 Å². The fourth-order valence-electron chi connectivity index (χ4n) is 1.93. The van der Waals surface area contributed by atoms with Crippen LogP contribution in [0, 0.1) is 0 Å². The lowest BCUT2D eigenvalue weighted by Gasteiger charge is -2.31. The maximum Gasteiger partial charge on any atom is 0.128 e. The molecule has 2 rings (SSSR count). The van der Waals surface area contributed by atoms with Gasteiger partial charge in [0, 0.05) is 32.7 Å². The number of hydrogen-bond acceptors (Lipinski definition) is 3. The first-order chi connectivity index (χ1) is 7.16. The Bertz CT molecular complexity index is 336. The van der Waals surface area contributed by atoms with Crippen LogP contribution in [0.3, 0.4) is 0 Å². The Labute approximate surface area is 95.2 Å². The van der Waals surface area contributed by atoms with Gasteiger partial charge in [-0.3, -0.25) is 4.90 Å². The highest BCUT2D eigenvalue weighted by Crippen LogP contribution is 2.11. The summed E-state index contributed by atoms with van der Waals surface area (Å²) in [6.07, 6.45) is 1.71. The average Bonchev–Trinajstić information content (AvgIpc) is 2.50. The minimum Gasteiger partial charge on any atom is -0.321 e. The topological polar surface area (TPSA) is 33.1 Å². The van der Waals surface area contributed by atoms with Crippen LogP contribution in [0.4, 0.5) is 0 Å². The smallest absolute Gasteiger partial charge is 0.128 e. The molecule has 0 unspecified atom stereocenters. The van der Waals surface area contributed by atoms with Crippen molar-refractivity contribution >= 4 is 11.6 Å². The number of imidazole rings is 1. The summed E-state index contributed by atoms with van der Waals surface area (Å²) in [7, 11) is 1.95. The molecule has 84 valence electrons. The summed E-state index contributed by atoms with van der Waals surface area (Å²) >= 11 is 5.95. The third-order valence-corrected chi connectivity index (χ3v) is 3.20. The average molecular weight is 229 g/mol. The number of nitrogens with zero attached hydrogens (tertiary/aromatic N) is 3. The van der Waals surface area contributed by atoms with E-state index in [1.807, 2.05) is 11.6 Å². The van der Waals surface area contributed by atoms with Crippen LogP contribution in [0.1, 0.15) is 12.7 Å². The summed E-state index contributed by atoms with van der Waals surface area (Å²) in [5, 5.41) is 4.12. The second-order valence-electron chi connectivity index (χ2n) is 4.15. The Morgan fingerprint density at radius 1 is 1.67 bits per heavy atom. The van der Waals surface area contributed by atoms with E-state index >= 15 is 0 Å². The molecule has 5 heteroatoms. The van der Waals surface area contributed by atoms with Gasteiger partial charge in [0.1, 0.15) is 11.0 Å². The van der Waals surface area contributed by atoms with Gasteiger partial charge < -0.3 is 9.88 Å². The molecule has 0 bridgehead atoms. The second kappa shape index (κ2) is 4.51. The predicted octanol–water partition coefficient (Wildman–Crippen LogP) is 0.867. The third kappa shape index (κ3) is 2.51. The summed E-state index contributed by atoms with van der Waals surface area (Å²) in [5.74, 6) is 1.04. The molecule has 2 heterocycles. The molecule has 0 aromatic carbocycles. The number of nitrogens with one attached hydrogen (secondary N) is 1. The number of aromatic nitrogens is 2. The fraction of sp³-hybridized carbons (Fsp3) is 0.700. The van der Waals surface area contributed by atoms with E-state index in [0.717, 1.165) is 32.0 Å². The molecule has 1 N–H and O–H groups in total. The Morgan fingerprint density at radius 3 is 3.07 bits per heavy atom. The summed E-state index contributed by atoms with van der Waals surface area (Å²) in [6, 6.07) is 0.564. The Kier molecular flexibility index (Phi) is 3.29. The fourth-order valence-corrected chi connectivity index (χ4v) is 2.07. The molecule has 1 aliphatic heterocycles. The summed E-state index contributed by atoms with van der Waals surface area (Å²) in [5.41, 5.74) is 0. The number of halogens is 1. The second-order valence-corrected chi connectivity index (χ2v) is 4.53. The van der Waals surface area contributed by atoms with Crippen molar-refractivity contribution < 1.29 is 0 Å². The number of rotatable bonds is 2. The molecule has 0 amide bonds. The zero-order valence-corrected chi connectivity index (χ0v) is 9.96. The monoisotopic (exact) mass is 228 g/mol. The van der Waals surface area contributed by atoms with Crippen molar-refractivity contribution in [1.29, 1.82) is 0 Å². The van der Waals surface area contributed by atoms with E-state index in [9.17, 15) is 0 Å². The lowest BCUT2D eigenvalue weighted by molar-refractivity contribution is 0.194. The maximum absolute atomic E-state index is 5.95. The van der Waals surface area contributed by atoms with E-state index in [-0.39, 0.29) is 0 Å². The molecule has 15 heavy (non-hydrogen) atoms. The van der Waals surface area contributed by atoms with Crippen molar-refractivity contribution in [1.82, 2.24) is 19.8 Å². The summed E-state index contributed by atoms with van der Waals surface area (Å²) in [6.45, 7) is 6.30. The first-order valence-electron chi connectivity index (χ1n) is 5.28. The number of piperazine rings is 1. The zero-order valence-electron chi connectivity index (χ0n) is 9.20. The van der Waals surface area contributed by atoms with Crippen LogP contribution >= 0.6 is 11.6 Å². The largest absolute Gasteiger partial charge is 0.321 e. The van der Waals surface area contributed by atoms with Crippen molar-refractivity contribution in [2.24, 2.45) is 7.05 Å². The molecular formula is C10H17ClN4.